The van der Waals surface area contributed by atoms with Gasteiger partial charge in [0, 0.05) is 29.9 Å². The minimum Gasteiger partial charge on any atom is -0.496 e. The Morgan fingerprint density at radius 1 is 1.11 bits per heavy atom. The van der Waals surface area contributed by atoms with Gasteiger partial charge in [0.1, 0.15) is 5.75 Å². The van der Waals surface area contributed by atoms with E-state index in [-0.39, 0.29) is 16.9 Å². The topological polar surface area (TPSA) is 70.7 Å². The van der Waals surface area contributed by atoms with Crippen LogP contribution in [0.15, 0.2) is 42.5 Å². The normalized spacial score (nSPS) is 10.1. The third-order valence-corrected chi connectivity index (χ3v) is 5.11. The molecule has 2 rings (SSSR count). The fraction of sp³-hybridized carbons (Fsp3) is 0.250. The van der Waals surface area contributed by atoms with Gasteiger partial charge in [-0.2, -0.15) is 0 Å². The van der Waals surface area contributed by atoms with Crippen LogP contribution in [0, 0.1) is 3.57 Å². The van der Waals surface area contributed by atoms with Crippen LogP contribution >= 0.6 is 34.8 Å². The first-order valence-electron chi connectivity index (χ1n) is 8.74. The number of anilines is 1. The second-order valence-electron chi connectivity index (χ2n) is 5.82. The molecule has 0 saturated carbocycles. The number of thiocarbonyl (C=S) groups is 1. The van der Waals surface area contributed by atoms with Gasteiger partial charge in [0.2, 0.25) is 0 Å². The van der Waals surface area contributed by atoms with Crippen LogP contribution < -0.4 is 15.4 Å². The molecule has 0 spiro atoms. The molecular formula is C20H22IN3O3S. The van der Waals surface area contributed by atoms with Crippen molar-refractivity contribution in [1.29, 1.82) is 0 Å². The van der Waals surface area contributed by atoms with E-state index >= 15 is 0 Å². The molecule has 2 aromatic rings. The summed E-state index contributed by atoms with van der Waals surface area (Å²) in [4.78, 5) is 26.6. The minimum absolute atomic E-state index is 0.0450. The Kier molecular flexibility index (Phi) is 8.18. The molecule has 0 heterocycles. The number of hydrogen-bond acceptors (Lipinski definition) is 4. The third kappa shape index (κ3) is 5.65. The Balaban J connectivity index is 2.05. The molecule has 0 saturated heterocycles. The highest BCUT2D eigenvalue weighted by Crippen LogP contribution is 2.21. The molecule has 0 aliphatic carbocycles. The van der Waals surface area contributed by atoms with Crippen LogP contribution in [-0.2, 0) is 0 Å². The van der Waals surface area contributed by atoms with E-state index in [2.05, 4.69) is 33.2 Å². The van der Waals surface area contributed by atoms with Gasteiger partial charge >= 0.3 is 0 Å². The highest BCUT2D eigenvalue weighted by atomic mass is 127. The van der Waals surface area contributed by atoms with Crippen molar-refractivity contribution in [3.05, 3.63) is 57.2 Å². The van der Waals surface area contributed by atoms with Crippen LogP contribution in [0.1, 0.15) is 34.6 Å². The van der Waals surface area contributed by atoms with Crippen molar-refractivity contribution in [2.45, 2.75) is 13.8 Å². The lowest BCUT2D eigenvalue weighted by Crippen LogP contribution is -2.34. The Labute approximate surface area is 183 Å². The number of nitrogens with one attached hydrogen (secondary N) is 2. The van der Waals surface area contributed by atoms with Crippen molar-refractivity contribution < 1.29 is 14.3 Å². The molecule has 148 valence electrons. The molecule has 0 aliphatic heterocycles. The molecule has 2 N–H and O–H groups in total. The van der Waals surface area contributed by atoms with Gasteiger partial charge in [-0.1, -0.05) is 6.07 Å². The molecule has 0 bridgehead atoms. The number of methoxy groups -OCH3 is 1. The lowest BCUT2D eigenvalue weighted by molar-refractivity contribution is 0.0772. The lowest BCUT2D eigenvalue weighted by Gasteiger charge is -2.19. The zero-order valence-electron chi connectivity index (χ0n) is 15.9. The summed E-state index contributed by atoms with van der Waals surface area (Å²) < 4.78 is 6.02. The number of hydrogen-bond donors (Lipinski definition) is 2. The summed E-state index contributed by atoms with van der Waals surface area (Å²) in [6.07, 6.45) is 0. The number of ether oxygens (including phenoxy) is 1. The summed E-state index contributed by atoms with van der Waals surface area (Å²) in [6, 6.07) is 12.2. The molecule has 0 aromatic heterocycles. The predicted molar refractivity (Wildman–Crippen MR) is 123 cm³/mol. The molecule has 0 unspecified atom stereocenters. The zero-order valence-corrected chi connectivity index (χ0v) is 18.9. The van der Waals surface area contributed by atoms with Crippen LogP contribution in [0.5, 0.6) is 5.75 Å². The Bertz CT molecular complexity index is 885. The second-order valence-corrected chi connectivity index (χ2v) is 7.39. The molecule has 2 aromatic carbocycles. The van der Waals surface area contributed by atoms with Gasteiger partial charge in [-0.3, -0.25) is 14.9 Å². The van der Waals surface area contributed by atoms with E-state index in [0.717, 1.165) is 3.57 Å². The van der Waals surface area contributed by atoms with Crippen LogP contribution in [-0.4, -0.2) is 42.0 Å². The van der Waals surface area contributed by atoms with E-state index in [1.807, 2.05) is 13.8 Å². The van der Waals surface area contributed by atoms with Crippen molar-refractivity contribution >= 4 is 57.4 Å². The highest BCUT2D eigenvalue weighted by molar-refractivity contribution is 14.1. The Morgan fingerprint density at radius 3 is 2.43 bits per heavy atom. The summed E-state index contributed by atoms with van der Waals surface area (Å²) in [5.74, 6) is 0.331. The number of rotatable bonds is 6. The van der Waals surface area contributed by atoms with Crippen molar-refractivity contribution in [1.82, 2.24) is 10.2 Å². The first-order valence-corrected chi connectivity index (χ1v) is 10.2. The maximum Gasteiger partial charge on any atom is 0.257 e. The summed E-state index contributed by atoms with van der Waals surface area (Å²) in [6.45, 7) is 5.16. The van der Waals surface area contributed by atoms with Gasteiger partial charge in [0.25, 0.3) is 11.8 Å². The van der Waals surface area contributed by atoms with Gasteiger partial charge in [-0.05, 0) is 85.1 Å². The molecule has 0 aliphatic rings. The standard InChI is InChI=1S/C20H22IN3O3S/c1-4-24(5-2)19(26)14-7-6-8-15(11-14)22-20(28)23-18(25)13-9-10-17(27-3)16(21)12-13/h6-12H,4-5H2,1-3H3,(H2,22,23,25,28). The number of carbonyl (C=O) groups excluding carboxylic acids is 2. The van der Waals surface area contributed by atoms with Crippen LogP contribution in [0.3, 0.4) is 0 Å². The Morgan fingerprint density at radius 2 is 1.82 bits per heavy atom. The molecule has 0 atom stereocenters. The molecule has 8 heteroatoms. The molecule has 0 fully saturated rings. The minimum atomic E-state index is -0.326. The SMILES string of the molecule is CCN(CC)C(=O)c1cccc(NC(=S)NC(=O)c2ccc(OC)c(I)c2)c1. The summed E-state index contributed by atoms with van der Waals surface area (Å²) in [7, 11) is 1.58. The van der Waals surface area contributed by atoms with Gasteiger partial charge in [-0.15, -0.1) is 0 Å². The van der Waals surface area contributed by atoms with E-state index in [9.17, 15) is 9.59 Å². The maximum absolute atomic E-state index is 12.5. The predicted octanol–water partition coefficient (Wildman–Crippen LogP) is 3.91. The number of benzene rings is 2. The second kappa shape index (κ2) is 10.4. The number of amides is 2. The van der Waals surface area contributed by atoms with Crippen molar-refractivity contribution in [2.75, 3.05) is 25.5 Å². The highest BCUT2D eigenvalue weighted by Gasteiger charge is 2.14. The van der Waals surface area contributed by atoms with Crippen LogP contribution in [0.4, 0.5) is 5.69 Å². The molecule has 0 radical (unpaired) electrons. The zero-order chi connectivity index (χ0) is 20.7. The largest absolute Gasteiger partial charge is 0.496 e. The average Bonchev–Trinajstić information content (AvgIpc) is 2.68. The Hall–Kier alpha value is -2.20. The smallest absolute Gasteiger partial charge is 0.257 e. The first kappa shape index (κ1) is 22.1. The van der Waals surface area contributed by atoms with E-state index in [4.69, 9.17) is 17.0 Å². The van der Waals surface area contributed by atoms with E-state index in [1.54, 1.807) is 54.5 Å². The van der Waals surface area contributed by atoms with Gasteiger partial charge < -0.3 is 15.0 Å². The number of nitrogens with zero attached hydrogens (tertiary/aromatic N) is 1. The monoisotopic (exact) mass is 511 g/mol. The quantitative estimate of drug-likeness (QED) is 0.455. The molecule has 6 nitrogen and oxygen atoms in total. The summed E-state index contributed by atoms with van der Waals surface area (Å²) >= 11 is 7.34. The van der Waals surface area contributed by atoms with E-state index in [0.29, 0.717) is 35.7 Å². The maximum atomic E-state index is 12.5. The third-order valence-electron chi connectivity index (χ3n) is 4.06. The van der Waals surface area contributed by atoms with Crippen molar-refractivity contribution in [3.63, 3.8) is 0 Å². The van der Waals surface area contributed by atoms with Gasteiger partial charge in [0.15, 0.2) is 5.11 Å². The lowest BCUT2D eigenvalue weighted by atomic mass is 10.1. The van der Waals surface area contributed by atoms with E-state index in [1.165, 1.54) is 0 Å². The summed E-state index contributed by atoms with van der Waals surface area (Å²) in [5.41, 5.74) is 1.67. The molecule has 28 heavy (non-hydrogen) atoms. The van der Waals surface area contributed by atoms with Gasteiger partial charge in [-0.25, -0.2) is 0 Å². The molecular weight excluding hydrogens is 489 g/mol. The first-order chi connectivity index (χ1) is 13.4. The number of halogens is 1. The van der Waals surface area contributed by atoms with Crippen LogP contribution in [0.2, 0.25) is 0 Å². The van der Waals surface area contributed by atoms with E-state index < -0.39 is 0 Å². The fourth-order valence-corrected chi connectivity index (χ4v) is 3.51. The fourth-order valence-electron chi connectivity index (χ4n) is 2.57. The summed E-state index contributed by atoms with van der Waals surface area (Å²) in [5, 5.41) is 5.75. The van der Waals surface area contributed by atoms with Crippen molar-refractivity contribution in [3.8, 4) is 5.75 Å². The number of carbonyl (C=O) groups is 2. The van der Waals surface area contributed by atoms with Crippen molar-refractivity contribution in [2.24, 2.45) is 0 Å². The van der Waals surface area contributed by atoms with Crippen LogP contribution in [0.25, 0.3) is 0 Å². The molecule has 2 amide bonds. The average molecular weight is 511 g/mol. The van der Waals surface area contributed by atoms with Gasteiger partial charge in [0.05, 0.1) is 10.7 Å².